The Labute approximate surface area is 130 Å². The molecule has 1 atom stereocenters. The van der Waals surface area contributed by atoms with E-state index in [1.807, 2.05) is 42.5 Å². The van der Waals surface area contributed by atoms with Crippen molar-refractivity contribution in [3.63, 3.8) is 0 Å². The molecule has 0 saturated carbocycles. The SMILES string of the molecule is COCC(C)(O)CNC(=O)c1ccc(-c2ccccc2)cc1. The number of ether oxygens (including phenoxy) is 1. The first kappa shape index (κ1) is 16.2. The highest BCUT2D eigenvalue weighted by molar-refractivity contribution is 5.94. The molecule has 0 aliphatic heterocycles. The first-order chi connectivity index (χ1) is 10.5. The lowest BCUT2D eigenvalue weighted by molar-refractivity contribution is -0.0147. The van der Waals surface area contributed by atoms with Crippen LogP contribution in [-0.2, 0) is 4.74 Å². The zero-order chi connectivity index (χ0) is 16.0. The van der Waals surface area contributed by atoms with Crippen LogP contribution in [0.5, 0.6) is 0 Å². The average Bonchev–Trinajstić information content (AvgIpc) is 2.54. The molecule has 0 saturated heterocycles. The zero-order valence-corrected chi connectivity index (χ0v) is 12.9. The van der Waals surface area contributed by atoms with Crippen LogP contribution in [0.15, 0.2) is 54.6 Å². The lowest BCUT2D eigenvalue weighted by atomic mass is 10.0. The van der Waals surface area contributed by atoms with Crippen LogP contribution in [0, 0.1) is 0 Å². The third-order valence-electron chi connectivity index (χ3n) is 3.34. The van der Waals surface area contributed by atoms with E-state index in [9.17, 15) is 9.90 Å². The normalized spacial score (nSPS) is 13.4. The van der Waals surface area contributed by atoms with Crippen LogP contribution in [-0.4, -0.2) is 36.9 Å². The van der Waals surface area contributed by atoms with Crippen molar-refractivity contribution < 1.29 is 14.6 Å². The molecule has 1 amide bonds. The molecule has 0 heterocycles. The molecule has 0 radical (unpaired) electrons. The van der Waals surface area contributed by atoms with Crippen molar-refractivity contribution in [3.05, 3.63) is 60.2 Å². The van der Waals surface area contributed by atoms with Crippen molar-refractivity contribution in [1.82, 2.24) is 5.32 Å². The van der Waals surface area contributed by atoms with E-state index in [0.717, 1.165) is 11.1 Å². The van der Waals surface area contributed by atoms with E-state index in [0.29, 0.717) is 5.56 Å². The Morgan fingerprint density at radius 2 is 1.68 bits per heavy atom. The first-order valence-corrected chi connectivity index (χ1v) is 7.17. The second-order valence-electron chi connectivity index (χ2n) is 5.56. The van der Waals surface area contributed by atoms with Crippen molar-refractivity contribution in [2.75, 3.05) is 20.3 Å². The quantitative estimate of drug-likeness (QED) is 0.861. The van der Waals surface area contributed by atoms with E-state index < -0.39 is 5.60 Å². The number of hydrogen-bond donors (Lipinski definition) is 2. The van der Waals surface area contributed by atoms with Crippen LogP contribution >= 0.6 is 0 Å². The second kappa shape index (κ2) is 7.20. The van der Waals surface area contributed by atoms with Crippen LogP contribution in [0.25, 0.3) is 11.1 Å². The molecule has 0 spiro atoms. The van der Waals surface area contributed by atoms with Crippen molar-refractivity contribution in [2.24, 2.45) is 0 Å². The summed E-state index contributed by atoms with van der Waals surface area (Å²) in [6.07, 6.45) is 0. The minimum Gasteiger partial charge on any atom is -0.386 e. The van der Waals surface area contributed by atoms with E-state index in [1.54, 1.807) is 19.1 Å². The molecule has 2 rings (SSSR count). The molecule has 0 aromatic heterocycles. The monoisotopic (exact) mass is 299 g/mol. The second-order valence-corrected chi connectivity index (χ2v) is 5.56. The van der Waals surface area contributed by atoms with E-state index in [4.69, 9.17) is 4.74 Å². The molecule has 4 nitrogen and oxygen atoms in total. The third-order valence-corrected chi connectivity index (χ3v) is 3.34. The van der Waals surface area contributed by atoms with Gasteiger partial charge in [0.2, 0.25) is 0 Å². The van der Waals surface area contributed by atoms with Crippen LogP contribution in [0.1, 0.15) is 17.3 Å². The maximum absolute atomic E-state index is 12.1. The van der Waals surface area contributed by atoms with Gasteiger partial charge in [-0.3, -0.25) is 4.79 Å². The van der Waals surface area contributed by atoms with Gasteiger partial charge in [0, 0.05) is 19.2 Å². The predicted molar refractivity (Wildman–Crippen MR) is 86.7 cm³/mol. The summed E-state index contributed by atoms with van der Waals surface area (Å²) >= 11 is 0. The molecular formula is C18H21NO3. The summed E-state index contributed by atoms with van der Waals surface area (Å²) in [5, 5.41) is 12.7. The maximum atomic E-state index is 12.1. The van der Waals surface area contributed by atoms with E-state index >= 15 is 0 Å². The van der Waals surface area contributed by atoms with Crippen molar-refractivity contribution in [1.29, 1.82) is 0 Å². The first-order valence-electron chi connectivity index (χ1n) is 7.17. The Morgan fingerprint density at radius 3 is 2.27 bits per heavy atom. The Morgan fingerprint density at radius 1 is 1.09 bits per heavy atom. The molecule has 2 N–H and O–H groups in total. The Bertz CT molecular complexity index is 606. The molecule has 0 aliphatic carbocycles. The average molecular weight is 299 g/mol. The highest BCUT2D eigenvalue weighted by atomic mass is 16.5. The number of rotatable bonds is 6. The van der Waals surface area contributed by atoms with Gasteiger partial charge in [-0.25, -0.2) is 0 Å². The number of hydrogen-bond acceptors (Lipinski definition) is 3. The number of benzene rings is 2. The predicted octanol–water partition coefficient (Wildman–Crippen LogP) is 2.48. The summed E-state index contributed by atoms with van der Waals surface area (Å²) in [7, 11) is 1.51. The summed E-state index contributed by atoms with van der Waals surface area (Å²) in [6.45, 7) is 1.93. The summed E-state index contributed by atoms with van der Waals surface area (Å²) in [5.74, 6) is -0.212. The van der Waals surface area contributed by atoms with Gasteiger partial charge < -0.3 is 15.2 Å². The number of amides is 1. The Kier molecular flexibility index (Phi) is 5.31. The Balaban J connectivity index is 2.00. The van der Waals surface area contributed by atoms with E-state index in [-0.39, 0.29) is 19.1 Å². The highest BCUT2D eigenvalue weighted by Gasteiger charge is 2.21. The van der Waals surface area contributed by atoms with Crippen molar-refractivity contribution in [3.8, 4) is 11.1 Å². The summed E-state index contributed by atoms with van der Waals surface area (Å²) in [4.78, 5) is 12.1. The Hall–Kier alpha value is -2.17. The van der Waals surface area contributed by atoms with Gasteiger partial charge in [0.05, 0.1) is 6.61 Å². The topological polar surface area (TPSA) is 58.6 Å². The smallest absolute Gasteiger partial charge is 0.251 e. The fraction of sp³-hybridized carbons (Fsp3) is 0.278. The molecule has 22 heavy (non-hydrogen) atoms. The lowest BCUT2D eigenvalue weighted by Crippen LogP contribution is -2.43. The van der Waals surface area contributed by atoms with Gasteiger partial charge in [-0.15, -0.1) is 0 Å². The molecule has 0 bridgehead atoms. The van der Waals surface area contributed by atoms with Gasteiger partial charge >= 0.3 is 0 Å². The van der Waals surface area contributed by atoms with Crippen molar-refractivity contribution >= 4 is 5.91 Å². The molecule has 1 unspecified atom stereocenters. The highest BCUT2D eigenvalue weighted by Crippen LogP contribution is 2.19. The molecule has 2 aromatic rings. The van der Waals surface area contributed by atoms with E-state index in [1.165, 1.54) is 7.11 Å². The summed E-state index contributed by atoms with van der Waals surface area (Å²) in [5.41, 5.74) is 1.66. The van der Waals surface area contributed by atoms with Gasteiger partial charge in [-0.2, -0.15) is 0 Å². The number of carbonyl (C=O) groups is 1. The summed E-state index contributed by atoms with van der Waals surface area (Å²) < 4.78 is 4.91. The zero-order valence-electron chi connectivity index (χ0n) is 12.9. The standard InChI is InChI=1S/C18H21NO3/c1-18(21,13-22-2)12-19-17(20)16-10-8-15(9-11-16)14-6-4-3-5-7-14/h3-11,21H,12-13H2,1-2H3,(H,19,20). The lowest BCUT2D eigenvalue weighted by Gasteiger charge is -2.22. The van der Waals surface area contributed by atoms with Gasteiger partial charge in [-0.05, 0) is 30.2 Å². The fourth-order valence-corrected chi connectivity index (χ4v) is 2.18. The number of nitrogens with one attached hydrogen (secondary N) is 1. The molecular weight excluding hydrogens is 278 g/mol. The van der Waals surface area contributed by atoms with Crippen LogP contribution in [0.2, 0.25) is 0 Å². The van der Waals surface area contributed by atoms with Crippen LogP contribution in [0.4, 0.5) is 0 Å². The number of aliphatic hydroxyl groups is 1. The minimum atomic E-state index is -1.08. The van der Waals surface area contributed by atoms with Crippen molar-refractivity contribution in [2.45, 2.75) is 12.5 Å². The molecule has 116 valence electrons. The molecule has 2 aromatic carbocycles. The van der Waals surface area contributed by atoms with Crippen LogP contribution in [0.3, 0.4) is 0 Å². The van der Waals surface area contributed by atoms with Gasteiger partial charge in [0.1, 0.15) is 5.60 Å². The molecule has 0 aliphatic rings. The summed E-state index contributed by atoms with van der Waals surface area (Å²) in [6, 6.07) is 17.4. The number of carbonyl (C=O) groups excluding carboxylic acids is 1. The van der Waals surface area contributed by atoms with Gasteiger partial charge in [0.25, 0.3) is 5.91 Å². The fourth-order valence-electron chi connectivity index (χ4n) is 2.18. The largest absolute Gasteiger partial charge is 0.386 e. The van der Waals surface area contributed by atoms with E-state index in [2.05, 4.69) is 5.32 Å². The minimum absolute atomic E-state index is 0.139. The third kappa shape index (κ3) is 4.41. The number of methoxy groups -OCH3 is 1. The van der Waals surface area contributed by atoms with Crippen LogP contribution < -0.4 is 5.32 Å². The maximum Gasteiger partial charge on any atom is 0.251 e. The molecule has 0 fully saturated rings. The van der Waals surface area contributed by atoms with Gasteiger partial charge in [0.15, 0.2) is 0 Å². The molecule has 4 heteroatoms. The van der Waals surface area contributed by atoms with Gasteiger partial charge in [-0.1, -0.05) is 42.5 Å².